The summed E-state index contributed by atoms with van der Waals surface area (Å²) in [7, 11) is 1.52. The Hall–Kier alpha value is -2.11. The normalized spacial score (nSPS) is 10.8. The predicted molar refractivity (Wildman–Crippen MR) is 61.9 cm³/mol. The number of nitro groups is 1. The maximum atomic E-state index is 11.5. The number of nitrogens with zero attached hydrogens (tertiary/aromatic N) is 1. The van der Waals surface area contributed by atoms with E-state index in [1.54, 1.807) is 13.8 Å². The molecule has 1 N–H and O–H groups in total. The van der Waals surface area contributed by atoms with E-state index in [2.05, 4.69) is 5.32 Å². The number of nitrogens with one attached hydrogen (secondary N) is 1. The van der Waals surface area contributed by atoms with Crippen LogP contribution in [0.5, 0.6) is 5.75 Å². The van der Waals surface area contributed by atoms with E-state index in [0.29, 0.717) is 5.75 Å². The minimum absolute atomic E-state index is 0.0184. The number of hydrogen-bond acceptors (Lipinski definition) is 4. The van der Waals surface area contributed by atoms with E-state index in [1.165, 1.54) is 31.3 Å². The number of amides is 1. The van der Waals surface area contributed by atoms with Crippen molar-refractivity contribution < 1.29 is 14.5 Å². The lowest BCUT2D eigenvalue weighted by Gasteiger charge is -2.24. The molecule has 0 aliphatic carbocycles. The maximum Gasteiger partial charge on any atom is 0.269 e. The molecule has 1 rings (SSSR count). The molecule has 0 atom stereocenters. The monoisotopic (exact) mass is 238 g/mol. The Morgan fingerprint density at radius 1 is 1.35 bits per heavy atom. The quantitative estimate of drug-likeness (QED) is 0.636. The van der Waals surface area contributed by atoms with Crippen molar-refractivity contribution in [2.45, 2.75) is 19.4 Å². The zero-order valence-electron chi connectivity index (χ0n) is 9.89. The predicted octanol–water partition coefficient (Wildman–Crippen LogP) is 1.50. The lowest BCUT2D eigenvalue weighted by atomic mass is 10.1. The summed E-state index contributed by atoms with van der Waals surface area (Å²) in [4.78, 5) is 21.4. The summed E-state index contributed by atoms with van der Waals surface area (Å²) in [6.07, 6.45) is 0. The Bertz CT molecular complexity index is 426. The van der Waals surface area contributed by atoms with Crippen molar-refractivity contribution in [3.05, 3.63) is 34.4 Å². The minimum Gasteiger partial charge on any atom is -0.478 e. The van der Waals surface area contributed by atoms with Crippen molar-refractivity contribution in [1.82, 2.24) is 5.32 Å². The number of benzene rings is 1. The van der Waals surface area contributed by atoms with E-state index >= 15 is 0 Å². The Morgan fingerprint density at radius 2 is 1.88 bits per heavy atom. The smallest absolute Gasteiger partial charge is 0.269 e. The Labute approximate surface area is 98.7 Å². The van der Waals surface area contributed by atoms with Crippen molar-refractivity contribution in [3.63, 3.8) is 0 Å². The van der Waals surface area contributed by atoms with E-state index < -0.39 is 10.5 Å². The van der Waals surface area contributed by atoms with Crippen molar-refractivity contribution >= 4 is 11.6 Å². The van der Waals surface area contributed by atoms with Gasteiger partial charge in [-0.15, -0.1) is 0 Å². The molecule has 0 aromatic heterocycles. The van der Waals surface area contributed by atoms with Gasteiger partial charge in [0.25, 0.3) is 11.6 Å². The fourth-order valence-corrected chi connectivity index (χ4v) is 1.28. The second kappa shape index (κ2) is 4.82. The van der Waals surface area contributed by atoms with Gasteiger partial charge in [-0.25, -0.2) is 0 Å². The summed E-state index contributed by atoms with van der Waals surface area (Å²) in [5, 5.41) is 12.9. The SMILES string of the molecule is CNC(=O)C(C)(C)Oc1ccc([N+](=O)[O-])cc1. The first-order valence-electron chi connectivity index (χ1n) is 5.02. The van der Waals surface area contributed by atoms with Crippen molar-refractivity contribution in [2.24, 2.45) is 0 Å². The Morgan fingerprint density at radius 3 is 2.29 bits per heavy atom. The maximum absolute atomic E-state index is 11.5. The molecule has 0 radical (unpaired) electrons. The number of carbonyl (C=O) groups is 1. The lowest BCUT2D eigenvalue weighted by molar-refractivity contribution is -0.384. The zero-order valence-corrected chi connectivity index (χ0v) is 9.89. The van der Waals surface area contributed by atoms with Crippen LogP contribution in [-0.2, 0) is 4.79 Å². The van der Waals surface area contributed by atoms with Crippen LogP contribution in [0.2, 0.25) is 0 Å². The molecule has 6 heteroatoms. The van der Waals surface area contributed by atoms with Crippen molar-refractivity contribution in [1.29, 1.82) is 0 Å². The third kappa shape index (κ3) is 3.17. The van der Waals surface area contributed by atoms with Gasteiger partial charge in [0.2, 0.25) is 0 Å². The van der Waals surface area contributed by atoms with Gasteiger partial charge in [-0.05, 0) is 26.0 Å². The van der Waals surface area contributed by atoms with Crippen LogP contribution in [0.3, 0.4) is 0 Å². The topological polar surface area (TPSA) is 81.5 Å². The number of likely N-dealkylation sites (N-methyl/N-ethyl adjacent to an activating group) is 1. The van der Waals surface area contributed by atoms with E-state index in [9.17, 15) is 14.9 Å². The fraction of sp³-hybridized carbons (Fsp3) is 0.364. The fourth-order valence-electron chi connectivity index (χ4n) is 1.28. The number of carbonyl (C=O) groups excluding carboxylic acids is 1. The van der Waals surface area contributed by atoms with Crippen molar-refractivity contribution in [2.75, 3.05) is 7.05 Å². The van der Waals surface area contributed by atoms with Gasteiger partial charge in [-0.3, -0.25) is 14.9 Å². The lowest BCUT2D eigenvalue weighted by Crippen LogP contribution is -2.45. The molecule has 1 amide bonds. The summed E-state index contributed by atoms with van der Waals surface area (Å²) in [6, 6.07) is 5.58. The molecule has 0 fully saturated rings. The summed E-state index contributed by atoms with van der Waals surface area (Å²) in [5.41, 5.74) is -1.04. The molecule has 0 saturated heterocycles. The number of non-ortho nitro benzene ring substituents is 1. The van der Waals surface area contributed by atoms with Crippen LogP contribution in [0.15, 0.2) is 24.3 Å². The molecule has 0 aliphatic heterocycles. The second-order valence-corrected chi connectivity index (χ2v) is 3.94. The number of rotatable bonds is 4. The highest BCUT2D eigenvalue weighted by Gasteiger charge is 2.28. The molecule has 0 heterocycles. The van der Waals surface area contributed by atoms with Gasteiger partial charge in [-0.1, -0.05) is 0 Å². The molecular weight excluding hydrogens is 224 g/mol. The van der Waals surface area contributed by atoms with E-state index in [1.807, 2.05) is 0 Å². The number of hydrogen-bond donors (Lipinski definition) is 1. The van der Waals surface area contributed by atoms with E-state index in [4.69, 9.17) is 4.74 Å². The summed E-state index contributed by atoms with van der Waals surface area (Å²) in [6.45, 7) is 3.24. The molecule has 1 aromatic rings. The van der Waals surface area contributed by atoms with E-state index in [-0.39, 0.29) is 11.6 Å². The minimum atomic E-state index is -1.02. The molecule has 92 valence electrons. The van der Waals surface area contributed by atoms with Crippen LogP contribution >= 0.6 is 0 Å². The number of ether oxygens (including phenoxy) is 1. The summed E-state index contributed by atoms with van der Waals surface area (Å²) in [5.74, 6) is 0.139. The third-order valence-corrected chi connectivity index (χ3v) is 2.19. The molecule has 1 aromatic carbocycles. The van der Waals surface area contributed by atoms with Gasteiger partial charge in [0.15, 0.2) is 5.60 Å². The van der Waals surface area contributed by atoms with Gasteiger partial charge in [0.1, 0.15) is 5.75 Å². The third-order valence-electron chi connectivity index (χ3n) is 2.19. The van der Waals surface area contributed by atoms with Gasteiger partial charge >= 0.3 is 0 Å². The first-order chi connectivity index (χ1) is 7.86. The molecule has 0 bridgehead atoms. The number of nitro benzene ring substituents is 1. The first kappa shape index (κ1) is 13.0. The van der Waals surface area contributed by atoms with Gasteiger partial charge in [0, 0.05) is 19.2 Å². The molecule has 0 saturated carbocycles. The highest BCUT2D eigenvalue weighted by atomic mass is 16.6. The van der Waals surface area contributed by atoms with Gasteiger partial charge in [-0.2, -0.15) is 0 Å². The van der Waals surface area contributed by atoms with Gasteiger partial charge in [0.05, 0.1) is 4.92 Å². The van der Waals surface area contributed by atoms with Crippen LogP contribution in [0, 0.1) is 10.1 Å². The molecule has 0 aliphatic rings. The summed E-state index contributed by atoms with van der Waals surface area (Å²) >= 11 is 0. The molecule has 0 unspecified atom stereocenters. The standard InChI is InChI=1S/C11H14N2O4/c1-11(2,10(14)12-3)17-9-6-4-8(5-7-9)13(15)16/h4-7H,1-3H3,(H,12,14). The van der Waals surface area contributed by atoms with Crippen molar-refractivity contribution in [3.8, 4) is 5.75 Å². The highest BCUT2D eigenvalue weighted by Crippen LogP contribution is 2.21. The average molecular weight is 238 g/mol. The van der Waals surface area contributed by atoms with Gasteiger partial charge < -0.3 is 10.1 Å². The summed E-state index contributed by atoms with van der Waals surface area (Å²) < 4.78 is 5.45. The molecule has 17 heavy (non-hydrogen) atoms. The Balaban J connectivity index is 2.82. The zero-order chi connectivity index (χ0) is 13.1. The van der Waals surface area contributed by atoms with Crippen LogP contribution in [0.1, 0.15) is 13.8 Å². The molecular formula is C11H14N2O4. The van der Waals surface area contributed by atoms with Crippen LogP contribution < -0.4 is 10.1 Å². The van der Waals surface area contributed by atoms with Crippen LogP contribution in [0.4, 0.5) is 5.69 Å². The molecule has 0 spiro atoms. The van der Waals surface area contributed by atoms with Crippen LogP contribution in [0.25, 0.3) is 0 Å². The molecule has 6 nitrogen and oxygen atoms in total. The largest absolute Gasteiger partial charge is 0.478 e. The first-order valence-corrected chi connectivity index (χ1v) is 5.02. The Kier molecular flexibility index (Phi) is 3.67. The van der Waals surface area contributed by atoms with Crippen LogP contribution in [-0.4, -0.2) is 23.5 Å². The second-order valence-electron chi connectivity index (χ2n) is 3.94. The van der Waals surface area contributed by atoms with E-state index in [0.717, 1.165) is 0 Å². The highest BCUT2D eigenvalue weighted by molar-refractivity contribution is 5.84. The average Bonchev–Trinajstić information content (AvgIpc) is 2.28.